The number of amides is 2. The van der Waals surface area contributed by atoms with Crippen LogP contribution in [0.3, 0.4) is 0 Å². The number of carboxylic acids is 1. The topological polar surface area (TPSA) is 91.3 Å². The molecule has 1 aromatic heterocycles. The molecule has 1 unspecified atom stereocenters. The number of rotatable bonds is 6. The minimum Gasteiger partial charge on any atom is -0.481 e. The zero-order valence-corrected chi connectivity index (χ0v) is 12.8. The van der Waals surface area contributed by atoms with Crippen LogP contribution in [-0.4, -0.2) is 28.6 Å². The van der Waals surface area contributed by atoms with Gasteiger partial charge in [-0.05, 0) is 11.8 Å². The highest BCUT2D eigenvalue weighted by molar-refractivity contribution is 7.09. The van der Waals surface area contributed by atoms with Gasteiger partial charge in [-0.1, -0.05) is 20.8 Å². The molecule has 0 saturated heterocycles. The first-order valence-electron chi connectivity index (χ1n) is 6.41. The standard InChI is InChI=1S/C13H21N3O3S/c1-13(2,3)6-9(11(17)18)7-15-12(19)16-8-10-14-4-5-20-10/h4-5,9H,6-8H2,1-3H3,(H,17,18)(H2,15,16,19). The van der Waals surface area contributed by atoms with Crippen molar-refractivity contribution in [2.75, 3.05) is 6.54 Å². The molecular weight excluding hydrogens is 278 g/mol. The Morgan fingerprint density at radius 2 is 2.10 bits per heavy atom. The van der Waals surface area contributed by atoms with E-state index in [1.165, 1.54) is 11.3 Å². The molecule has 6 nitrogen and oxygen atoms in total. The average Bonchev–Trinajstić information content (AvgIpc) is 2.83. The minimum atomic E-state index is -0.889. The molecule has 0 aliphatic heterocycles. The zero-order chi connectivity index (χ0) is 15.2. The molecule has 112 valence electrons. The molecule has 7 heteroatoms. The van der Waals surface area contributed by atoms with Gasteiger partial charge in [-0.2, -0.15) is 0 Å². The summed E-state index contributed by atoms with van der Waals surface area (Å²) in [6, 6.07) is -0.375. The third kappa shape index (κ3) is 6.51. The van der Waals surface area contributed by atoms with E-state index in [9.17, 15) is 9.59 Å². The number of carboxylic acid groups (broad SMARTS) is 1. The molecule has 20 heavy (non-hydrogen) atoms. The predicted molar refractivity (Wildman–Crippen MR) is 77.6 cm³/mol. The molecule has 0 fully saturated rings. The average molecular weight is 299 g/mol. The van der Waals surface area contributed by atoms with E-state index in [0.717, 1.165) is 5.01 Å². The fraction of sp³-hybridized carbons (Fsp3) is 0.615. The lowest BCUT2D eigenvalue weighted by Gasteiger charge is -2.23. The van der Waals surface area contributed by atoms with E-state index < -0.39 is 11.9 Å². The SMILES string of the molecule is CC(C)(C)CC(CNC(=O)NCc1nccs1)C(=O)O. The molecule has 3 N–H and O–H groups in total. The number of nitrogens with one attached hydrogen (secondary N) is 2. The van der Waals surface area contributed by atoms with Crippen molar-refractivity contribution in [2.45, 2.75) is 33.7 Å². The Balaban J connectivity index is 2.35. The van der Waals surface area contributed by atoms with Crippen molar-refractivity contribution >= 4 is 23.3 Å². The van der Waals surface area contributed by atoms with Crippen molar-refractivity contribution < 1.29 is 14.7 Å². The molecule has 0 aliphatic carbocycles. The van der Waals surface area contributed by atoms with Crippen LogP contribution in [0.4, 0.5) is 4.79 Å². The Bertz CT molecular complexity index is 440. The van der Waals surface area contributed by atoms with Crippen molar-refractivity contribution in [1.82, 2.24) is 15.6 Å². The molecular formula is C13H21N3O3S. The van der Waals surface area contributed by atoms with Crippen molar-refractivity contribution in [3.63, 3.8) is 0 Å². The van der Waals surface area contributed by atoms with Gasteiger partial charge in [0.1, 0.15) is 5.01 Å². The summed E-state index contributed by atoms with van der Waals surface area (Å²) < 4.78 is 0. The van der Waals surface area contributed by atoms with Gasteiger partial charge in [0.25, 0.3) is 0 Å². The number of nitrogens with zero attached hydrogens (tertiary/aromatic N) is 1. The molecule has 0 radical (unpaired) electrons. The van der Waals surface area contributed by atoms with E-state index in [-0.39, 0.29) is 18.0 Å². The smallest absolute Gasteiger partial charge is 0.315 e. The number of hydrogen-bond donors (Lipinski definition) is 3. The summed E-state index contributed by atoms with van der Waals surface area (Å²) in [6.07, 6.45) is 2.18. The highest BCUT2D eigenvalue weighted by Crippen LogP contribution is 2.24. The van der Waals surface area contributed by atoms with Gasteiger partial charge in [-0.25, -0.2) is 9.78 Å². The maximum absolute atomic E-state index is 11.6. The quantitative estimate of drug-likeness (QED) is 0.750. The van der Waals surface area contributed by atoms with Crippen molar-refractivity contribution in [1.29, 1.82) is 0 Å². The third-order valence-corrected chi connectivity index (χ3v) is 3.38. The van der Waals surface area contributed by atoms with Gasteiger partial charge in [0, 0.05) is 18.1 Å². The molecule has 1 atom stereocenters. The summed E-state index contributed by atoms with van der Waals surface area (Å²) in [7, 11) is 0. The van der Waals surface area contributed by atoms with Crippen LogP contribution < -0.4 is 10.6 Å². The maximum Gasteiger partial charge on any atom is 0.315 e. The van der Waals surface area contributed by atoms with Crippen LogP contribution in [0, 0.1) is 11.3 Å². The molecule has 2 amide bonds. The Morgan fingerprint density at radius 3 is 2.60 bits per heavy atom. The summed E-state index contributed by atoms with van der Waals surface area (Å²) in [5.41, 5.74) is -0.0951. The number of urea groups is 1. The lowest BCUT2D eigenvalue weighted by molar-refractivity contribution is -0.142. The monoisotopic (exact) mass is 299 g/mol. The molecule has 0 aromatic carbocycles. The van der Waals surface area contributed by atoms with Crippen molar-refractivity contribution in [3.8, 4) is 0 Å². The van der Waals surface area contributed by atoms with Crippen LogP contribution in [0.5, 0.6) is 0 Å². The fourth-order valence-electron chi connectivity index (χ4n) is 1.76. The van der Waals surface area contributed by atoms with Gasteiger partial charge in [0.15, 0.2) is 0 Å². The summed E-state index contributed by atoms with van der Waals surface area (Å²) in [5, 5.41) is 17.0. The second-order valence-corrected chi connectivity index (χ2v) is 6.77. The fourth-order valence-corrected chi connectivity index (χ4v) is 2.32. The number of thiazole rings is 1. The van der Waals surface area contributed by atoms with Crippen LogP contribution in [0.1, 0.15) is 32.2 Å². The first-order valence-corrected chi connectivity index (χ1v) is 7.29. The number of aliphatic carboxylic acids is 1. The molecule has 0 saturated carbocycles. The lowest BCUT2D eigenvalue weighted by atomic mass is 9.84. The van der Waals surface area contributed by atoms with Crippen LogP contribution in [0.25, 0.3) is 0 Å². The second-order valence-electron chi connectivity index (χ2n) is 5.79. The largest absolute Gasteiger partial charge is 0.481 e. The van der Waals surface area contributed by atoms with E-state index in [1.807, 2.05) is 26.2 Å². The van der Waals surface area contributed by atoms with E-state index >= 15 is 0 Å². The van der Waals surface area contributed by atoms with Crippen LogP contribution >= 0.6 is 11.3 Å². The number of hydrogen-bond acceptors (Lipinski definition) is 4. The Labute approximate surface area is 122 Å². The minimum absolute atomic E-state index is 0.0951. The molecule has 1 rings (SSSR count). The lowest BCUT2D eigenvalue weighted by Crippen LogP contribution is -2.40. The summed E-state index contributed by atoms with van der Waals surface area (Å²) in [5.74, 6) is -1.47. The second kappa shape index (κ2) is 7.23. The van der Waals surface area contributed by atoms with Crippen LogP contribution in [0.2, 0.25) is 0 Å². The summed E-state index contributed by atoms with van der Waals surface area (Å²) in [6.45, 7) is 6.40. The zero-order valence-electron chi connectivity index (χ0n) is 12.0. The van der Waals surface area contributed by atoms with Crippen LogP contribution in [0.15, 0.2) is 11.6 Å². The van der Waals surface area contributed by atoms with Gasteiger partial charge in [-0.15, -0.1) is 11.3 Å². The highest BCUT2D eigenvalue weighted by Gasteiger charge is 2.24. The molecule has 0 aliphatic rings. The highest BCUT2D eigenvalue weighted by atomic mass is 32.1. The molecule has 1 heterocycles. The number of carbonyl (C=O) groups excluding carboxylic acids is 1. The van der Waals surface area contributed by atoms with Gasteiger partial charge in [-0.3, -0.25) is 4.79 Å². The Hall–Kier alpha value is -1.63. The van der Waals surface area contributed by atoms with Gasteiger partial charge < -0.3 is 15.7 Å². The summed E-state index contributed by atoms with van der Waals surface area (Å²) >= 11 is 1.45. The van der Waals surface area contributed by atoms with E-state index in [1.54, 1.807) is 6.20 Å². The number of carbonyl (C=O) groups is 2. The summed E-state index contributed by atoms with van der Waals surface area (Å²) in [4.78, 5) is 26.8. The molecule has 0 spiro atoms. The van der Waals surface area contributed by atoms with Crippen molar-refractivity contribution in [2.24, 2.45) is 11.3 Å². The number of aromatic nitrogens is 1. The maximum atomic E-state index is 11.6. The van der Waals surface area contributed by atoms with Gasteiger partial charge >= 0.3 is 12.0 Å². The Kier molecular flexibility index (Phi) is 5.94. The normalized spacial score (nSPS) is 12.8. The van der Waals surface area contributed by atoms with E-state index in [2.05, 4.69) is 15.6 Å². The van der Waals surface area contributed by atoms with Gasteiger partial charge in [0.05, 0.1) is 12.5 Å². The molecule has 1 aromatic rings. The Morgan fingerprint density at radius 1 is 1.40 bits per heavy atom. The molecule has 0 bridgehead atoms. The van der Waals surface area contributed by atoms with Crippen molar-refractivity contribution in [3.05, 3.63) is 16.6 Å². The first-order chi connectivity index (χ1) is 9.28. The van der Waals surface area contributed by atoms with Crippen LogP contribution in [-0.2, 0) is 11.3 Å². The first kappa shape index (κ1) is 16.4. The van der Waals surface area contributed by atoms with E-state index in [0.29, 0.717) is 13.0 Å². The predicted octanol–water partition coefficient (Wildman–Crippen LogP) is 2.08. The third-order valence-electron chi connectivity index (χ3n) is 2.60. The van der Waals surface area contributed by atoms with Gasteiger partial charge in [0.2, 0.25) is 0 Å². The van der Waals surface area contributed by atoms with E-state index in [4.69, 9.17) is 5.11 Å².